The van der Waals surface area contributed by atoms with Gasteiger partial charge in [-0.05, 0) is 138 Å². The van der Waals surface area contributed by atoms with E-state index in [-0.39, 0.29) is 12.3 Å². The first kappa shape index (κ1) is 39.8. The minimum absolute atomic E-state index is 0.0549. The zero-order valence-electron chi connectivity index (χ0n) is 38.5. The lowest BCUT2D eigenvalue weighted by Crippen LogP contribution is -2.57. The van der Waals surface area contributed by atoms with Crippen molar-refractivity contribution in [1.82, 2.24) is 4.48 Å². The van der Waals surface area contributed by atoms with Gasteiger partial charge >= 0.3 is 6.85 Å². The molecule has 0 bridgehead atoms. The topological polar surface area (TPSA) is 11.4 Å². The van der Waals surface area contributed by atoms with Crippen LogP contribution in [0.15, 0.2) is 164 Å². The molecule has 0 atom stereocenters. The lowest BCUT2D eigenvalue weighted by molar-refractivity contribution is 0.591. The van der Waals surface area contributed by atoms with Gasteiger partial charge in [-0.25, -0.2) is 0 Å². The Balaban J connectivity index is 1.39. The highest BCUT2D eigenvalue weighted by atomic mass is 15.2. The van der Waals surface area contributed by atoms with Crippen molar-refractivity contribution in [3.8, 4) is 33.5 Å². The van der Waals surface area contributed by atoms with Crippen LogP contribution in [0.2, 0.25) is 0 Å². The summed E-state index contributed by atoms with van der Waals surface area (Å²) in [5, 5.41) is 1.27. The molecule has 0 aliphatic carbocycles. The SMILES string of the molecule is Cc1ccccc1-c1c(-c2ccccc2C)n2c3c(ccc(N(c4c(C)cccc4C)c4c(C)cccc4C)c13)-c1cccc3c1B2c1cc(C(C)(C)C)ccc1N3c1ccccc1. The minimum Gasteiger partial charge on any atom is -0.375 e. The average molecular weight is 828 g/mol. The normalized spacial score (nSPS) is 12.7. The number of para-hydroxylation sites is 3. The summed E-state index contributed by atoms with van der Waals surface area (Å²) in [6, 6.07) is 61.7. The van der Waals surface area contributed by atoms with E-state index in [2.05, 4.69) is 240 Å². The molecule has 4 heteroatoms. The second kappa shape index (κ2) is 14.8. The molecule has 0 N–H and O–H groups in total. The van der Waals surface area contributed by atoms with Crippen LogP contribution in [0.4, 0.5) is 34.1 Å². The molecule has 0 saturated carbocycles. The van der Waals surface area contributed by atoms with Gasteiger partial charge in [-0.1, -0.05) is 154 Å². The van der Waals surface area contributed by atoms with E-state index >= 15 is 0 Å². The molecule has 0 spiro atoms. The smallest absolute Gasteiger partial charge is 0.333 e. The highest BCUT2D eigenvalue weighted by molar-refractivity contribution is 6.90. The second-order valence-corrected chi connectivity index (χ2v) is 19.2. The fourth-order valence-corrected chi connectivity index (χ4v) is 11.1. The molecule has 0 fully saturated rings. The summed E-state index contributed by atoms with van der Waals surface area (Å²) < 4.78 is 2.78. The monoisotopic (exact) mass is 827 g/mol. The van der Waals surface area contributed by atoms with Gasteiger partial charge in [0.1, 0.15) is 0 Å². The van der Waals surface area contributed by atoms with Gasteiger partial charge in [-0.3, -0.25) is 0 Å². The summed E-state index contributed by atoms with van der Waals surface area (Å²) in [6.07, 6.45) is 0. The van der Waals surface area contributed by atoms with Crippen molar-refractivity contribution in [2.24, 2.45) is 0 Å². The van der Waals surface area contributed by atoms with Gasteiger partial charge < -0.3 is 14.3 Å². The number of aromatic nitrogens is 1. The van der Waals surface area contributed by atoms with Crippen molar-refractivity contribution in [1.29, 1.82) is 0 Å². The fraction of sp³-hybridized carbons (Fsp3) is 0.167. The number of hydrogen-bond donors (Lipinski definition) is 0. The molecule has 312 valence electrons. The van der Waals surface area contributed by atoms with Crippen LogP contribution in [0.5, 0.6) is 0 Å². The summed E-state index contributed by atoms with van der Waals surface area (Å²) in [7, 11) is 0. The molecule has 64 heavy (non-hydrogen) atoms. The molecule has 8 aromatic carbocycles. The molecule has 3 nitrogen and oxygen atoms in total. The van der Waals surface area contributed by atoms with E-state index in [1.807, 2.05) is 0 Å². The largest absolute Gasteiger partial charge is 0.375 e. The first-order valence-corrected chi connectivity index (χ1v) is 22.8. The molecule has 0 unspecified atom stereocenters. The van der Waals surface area contributed by atoms with Gasteiger partial charge in [-0.2, -0.15) is 0 Å². The van der Waals surface area contributed by atoms with Crippen LogP contribution in [-0.2, 0) is 5.41 Å². The van der Waals surface area contributed by atoms with E-state index in [0.717, 1.165) is 5.69 Å². The fourth-order valence-electron chi connectivity index (χ4n) is 11.1. The van der Waals surface area contributed by atoms with Crippen LogP contribution in [0, 0.1) is 41.5 Å². The van der Waals surface area contributed by atoms with Crippen LogP contribution >= 0.6 is 0 Å². The number of rotatable bonds is 6. The Morgan fingerprint density at radius 2 is 1.02 bits per heavy atom. The number of nitrogens with zero attached hydrogens (tertiary/aromatic N) is 3. The summed E-state index contributed by atoms with van der Waals surface area (Å²) in [5.74, 6) is 0. The van der Waals surface area contributed by atoms with Crippen molar-refractivity contribution >= 4 is 62.8 Å². The first-order valence-electron chi connectivity index (χ1n) is 22.8. The molecule has 0 amide bonds. The van der Waals surface area contributed by atoms with Gasteiger partial charge in [0.2, 0.25) is 0 Å². The van der Waals surface area contributed by atoms with Gasteiger partial charge in [0.15, 0.2) is 0 Å². The van der Waals surface area contributed by atoms with Crippen molar-refractivity contribution in [3.05, 3.63) is 203 Å². The highest BCUT2D eigenvalue weighted by Gasteiger charge is 2.45. The number of hydrogen-bond acceptors (Lipinski definition) is 2. The van der Waals surface area contributed by atoms with Gasteiger partial charge in [-0.15, -0.1) is 0 Å². The molecule has 0 radical (unpaired) electrons. The van der Waals surface area contributed by atoms with Crippen LogP contribution in [0.3, 0.4) is 0 Å². The standard InChI is InChI=1S/C60H54BN3/c1-37-20-13-15-28-45(37)53-54-51(63(56-39(3)22-17-23-40(56)4)57-41(5)24-18-25-42(57)6)35-33-48-47-30-19-31-52-55(47)61(64(59(48)54)58(53)46-29-16-14-21-38(46)2)49-36-43(60(7,8)9)32-34-50(49)62(52)44-26-11-10-12-27-44/h10-36H,1-9H3. The highest BCUT2D eigenvalue weighted by Crippen LogP contribution is 2.55. The summed E-state index contributed by atoms with van der Waals surface area (Å²) >= 11 is 0. The van der Waals surface area contributed by atoms with E-state index in [0.29, 0.717) is 0 Å². The van der Waals surface area contributed by atoms with E-state index in [1.165, 1.54) is 123 Å². The zero-order valence-corrected chi connectivity index (χ0v) is 38.5. The molecule has 0 saturated heterocycles. The third kappa shape index (κ3) is 5.88. The predicted octanol–water partition coefficient (Wildman–Crippen LogP) is 15.0. The molecule has 2 aliphatic rings. The molecule has 1 aromatic heterocycles. The summed E-state index contributed by atoms with van der Waals surface area (Å²) in [5.41, 5.74) is 27.5. The Kier molecular flexibility index (Phi) is 9.19. The molecular formula is C60H54BN3. The summed E-state index contributed by atoms with van der Waals surface area (Å²) in [6.45, 7) is 20.6. The Morgan fingerprint density at radius 1 is 0.469 bits per heavy atom. The van der Waals surface area contributed by atoms with Crippen molar-refractivity contribution in [3.63, 3.8) is 0 Å². The third-order valence-corrected chi connectivity index (χ3v) is 14.1. The van der Waals surface area contributed by atoms with Gasteiger partial charge in [0.05, 0.1) is 17.1 Å². The average Bonchev–Trinajstić information content (AvgIpc) is 3.63. The zero-order chi connectivity index (χ0) is 44.2. The maximum Gasteiger partial charge on any atom is 0.333 e. The molecule has 2 aliphatic heterocycles. The maximum absolute atomic E-state index is 2.78. The molecular weight excluding hydrogens is 773 g/mol. The van der Waals surface area contributed by atoms with E-state index < -0.39 is 0 Å². The number of aryl methyl sites for hydroxylation is 6. The van der Waals surface area contributed by atoms with Gasteiger partial charge in [0.25, 0.3) is 0 Å². The van der Waals surface area contributed by atoms with Crippen LogP contribution < -0.4 is 20.7 Å². The lowest BCUT2D eigenvalue weighted by Gasteiger charge is -2.41. The minimum atomic E-state index is -0.116. The third-order valence-electron chi connectivity index (χ3n) is 14.1. The van der Waals surface area contributed by atoms with Crippen molar-refractivity contribution < 1.29 is 0 Å². The molecule has 3 heterocycles. The Hall–Kier alpha value is -7.04. The maximum atomic E-state index is 2.78. The quantitative estimate of drug-likeness (QED) is 0.155. The van der Waals surface area contributed by atoms with E-state index in [9.17, 15) is 0 Å². The number of benzene rings is 8. The van der Waals surface area contributed by atoms with Crippen LogP contribution in [-0.4, -0.2) is 11.3 Å². The first-order chi connectivity index (χ1) is 30.9. The Labute approximate surface area is 379 Å². The number of anilines is 6. The Bertz CT molecular complexity index is 3260. The van der Waals surface area contributed by atoms with Crippen molar-refractivity contribution in [2.75, 3.05) is 9.80 Å². The number of fused-ring (bicyclic) bond motifs is 4. The molecule has 11 rings (SSSR count). The molecule has 9 aromatic rings. The van der Waals surface area contributed by atoms with E-state index in [4.69, 9.17) is 0 Å². The predicted molar refractivity (Wildman–Crippen MR) is 275 cm³/mol. The Morgan fingerprint density at radius 3 is 1.62 bits per heavy atom. The second-order valence-electron chi connectivity index (χ2n) is 19.2. The van der Waals surface area contributed by atoms with Crippen LogP contribution in [0.1, 0.15) is 59.7 Å². The van der Waals surface area contributed by atoms with Gasteiger partial charge in [0, 0.05) is 50.3 Å². The van der Waals surface area contributed by atoms with Crippen molar-refractivity contribution in [2.45, 2.75) is 67.7 Å². The summed E-state index contributed by atoms with van der Waals surface area (Å²) in [4.78, 5) is 5.12. The van der Waals surface area contributed by atoms with E-state index in [1.54, 1.807) is 0 Å². The lowest BCUT2D eigenvalue weighted by atomic mass is 9.44. The van der Waals surface area contributed by atoms with Crippen LogP contribution in [0.25, 0.3) is 44.4 Å².